The highest BCUT2D eigenvalue weighted by Crippen LogP contribution is 2.48. The van der Waals surface area contributed by atoms with Crippen LogP contribution in [0.1, 0.15) is 19.8 Å². The Morgan fingerprint density at radius 2 is 1.44 bits per heavy atom. The van der Waals surface area contributed by atoms with Crippen LogP contribution in [0, 0.1) is 0 Å². The van der Waals surface area contributed by atoms with Crippen LogP contribution in [0.25, 0.3) is 0 Å². The fourth-order valence-electron chi connectivity index (χ4n) is 1.12. The summed E-state index contributed by atoms with van der Waals surface area (Å²) in [5.74, 6) is 0. The van der Waals surface area contributed by atoms with Gasteiger partial charge in [-0.1, -0.05) is 0 Å². The predicted octanol–water partition coefficient (Wildman–Crippen LogP) is 3.00. The fraction of sp³-hybridized carbons (Fsp3) is 1.00. The highest BCUT2D eigenvalue weighted by Gasteiger charge is 2.71. The normalized spacial score (nSPS) is 15.8. The number of rotatable bonds is 6. The Balaban J connectivity index is 4.39. The van der Waals surface area contributed by atoms with E-state index in [4.69, 9.17) is 5.11 Å². The summed E-state index contributed by atoms with van der Waals surface area (Å²) in [5, 5.41) is 8.71. The first-order valence-corrected chi connectivity index (χ1v) is 5.00. The molecule has 0 spiro atoms. The van der Waals surface area contributed by atoms with Gasteiger partial charge in [0.2, 0.25) is 0 Å². The Labute approximate surface area is 98.7 Å². The number of ether oxygens (including phenoxy) is 1. The van der Waals surface area contributed by atoms with E-state index >= 15 is 0 Å². The summed E-state index contributed by atoms with van der Waals surface area (Å²) in [6.45, 7) is 0.588. The Kier molecular flexibility index (Phi) is 5.86. The van der Waals surface area contributed by atoms with E-state index in [0.29, 0.717) is 0 Å². The average molecular weight is 286 g/mol. The summed E-state index contributed by atoms with van der Waals surface area (Å²) >= 11 is 0. The number of hydrogen-bond donors (Lipinski definition) is 1. The van der Waals surface area contributed by atoms with Gasteiger partial charge < -0.3 is 9.84 Å². The number of hydrogen-bond acceptors (Lipinski definition) is 2. The Bertz CT molecular complexity index is 232. The molecule has 0 saturated heterocycles. The molecule has 0 aliphatic rings. The molecule has 0 fully saturated rings. The van der Waals surface area contributed by atoms with Crippen LogP contribution in [0.2, 0.25) is 0 Å². The Morgan fingerprint density at radius 3 is 1.78 bits per heavy atom. The maximum absolute atomic E-state index is 13.0. The molecule has 1 unspecified atom stereocenters. The topological polar surface area (TPSA) is 29.5 Å². The summed E-state index contributed by atoms with van der Waals surface area (Å²) < 4.78 is 90.0. The van der Waals surface area contributed by atoms with Gasteiger partial charge >= 0.3 is 12.4 Å². The molecule has 18 heavy (non-hydrogen) atoms. The molecule has 1 atom stereocenters. The Hall–Kier alpha value is -0.570. The third kappa shape index (κ3) is 4.60. The number of alkyl halides is 7. The first-order valence-electron chi connectivity index (χ1n) is 5.00. The largest absolute Gasteiger partial charge is 0.431 e. The summed E-state index contributed by atoms with van der Waals surface area (Å²) in [4.78, 5) is 0. The van der Waals surface area contributed by atoms with E-state index in [1.54, 1.807) is 0 Å². The van der Waals surface area contributed by atoms with Crippen molar-refractivity contribution in [3.63, 3.8) is 0 Å². The molecule has 0 heterocycles. The molecular weight excluding hydrogens is 273 g/mol. The number of aliphatic hydroxyl groups excluding tert-OH is 1. The van der Waals surface area contributed by atoms with Gasteiger partial charge in [0.1, 0.15) is 0 Å². The monoisotopic (exact) mass is 286 g/mol. The lowest BCUT2D eigenvalue weighted by Crippen LogP contribution is -2.53. The molecule has 1 N–H and O–H groups in total. The van der Waals surface area contributed by atoms with Crippen molar-refractivity contribution in [2.75, 3.05) is 13.2 Å². The standard InChI is InChI=1S/C9H13F7O2/c1-6(17)5-18-4-2-3-7(10,8(11,12)13)9(14,15)16/h6,17H,2-5H2,1H3. The van der Waals surface area contributed by atoms with Gasteiger partial charge in [-0.05, 0) is 13.3 Å². The van der Waals surface area contributed by atoms with E-state index in [0.717, 1.165) is 0 Å². The molecule has 0 aliphatic carbocycles. The van der Waals surface area contributed by atoms with E-state index in [-0.39, 0.29) is 6.61 Å². The van der Waals surface area contributed by atoms with E-state index < -0.39 is 43.6 Å². The lowest BCUT2D eigenvalue weighted by atomic mass is 9.98. The minimum absolute atomic E-state index is 0.239. The third-order valence-corrected chi connectivity index (χ3v) is 2.07. The van der Waals surface area contributed by atoms with Crippen LogP contribution in [0.3, 0.4) is 0 Å². The van der Waals surface area contributed by atoms with Crippen molar-refractivity contribution in [2.24, 2.45) is 0 Å². The number of halogens is 7. The molecule has 2 nitrogen and oxygen atoms in total. The molecule has 0 aliphatic heterocycles. The molecule has 0 radical (unpaired) electrons. The van der Waals surface area contributed by atoms with Crippen molar-refractivity contribution < 1.29 is 40.6 Å². The molecule has 0 bridgehead atoms. The second-order valence-electron chi connectivity index (χ2n) is 3.82. The van der Waals surface area contributed by atoms with Crippen molar-refractivity contribution in [1.29, 1.82) is 0 Å². The summed E-state index contributed by atoms with van der Waals surface area (Å²) in [5.41, 5.74) is -5.23. The van der Waals surface area contributed by atoms with Crippen LogP contribution in [0.15, 0.2) is 0 Å². The SMILES string of the molecule is CC(O)COCCCC(F)(C(F)(F)F)C(F)(F)F. The summed E-state index contributed by atoms with van der Waals surface area (Å²) in [7, 11) is 0. The second kappa shape index (κ2) is 6.05. The van der Waals surface area contributed by atoms with Crippen molar-refractivity contribution in [2.45, 2.75) is 43.9 Å². The average Bonchev–Trinajstić information content (AvgIpc) is 2.12. The van der Waals surface area contributed by atoms with Gasteiger partial charge in [0.05, 0.1) is 12.7 Å². The number of aliphatic hydroxyl groups is 1. The van der Waals surface area contributed by atoms with Crippen LogP contribution < -0.4 is 0 Å². The molecule has 110 valence electrons. The molecule has 0 aromatic carbocycles. The van der Waals surface area contributed by atoms with Crippen LogP contribution >= 0.6 is 0 Å². The predicted molar refractivity (Wildman–Crippen MR) is 47.7 cm³/mol. The molecule has 0 rings (SSSR count). The maximum atomic E-state index is 13.0. The minimum Gasteiger partial charge on any atom is -0.391 e. The molecule has 0 amide bonds. The van der Waals surface area contributed by atoms with E-state index in [9.17, 15) is 30.7 Å². The second-order valence-corrected chi connectivity index (χ2v) is 3.82. The summed E-state index contributed by atoms with van der Waals surface area (Å²) in [6.07, 6.45) is -15.5. The molecular formula is C9H13F7O2. The molecule has 0 aromatic heterocycles. The van der Waals surface area contributed by atoms with Gasteiger partial charge in [-0.25, -0.2) is 4.39 Å². The third-order valence-electron chi connectivity index (χ3n) is 2.07. The minimum atomic E-state index is -6.02. The van der Waals surface area contributed by atoms with Crippen LogP contribution in [0.5, 0.6) is 0 Å². The lowest BCUT2D eigenvalue weighted by molar-refractivity contribution is -0.343. The molecule has 9 heteroatoms. The van der Waals surface area contributed by atoms with E-state index in [1.807, 2.05) is 0 Å². The Morgan fingerprint density at radius 1 is 1.00 bits per heavy atom. The van der Waals surface area contributed by atoms with Gasteiger partial charge in [-0.15, -0.1) is 0 Å². The first kappa shape index (κ1) is 17.4. The van der Waals surface area contributed by atoms with Crippen LogP contribution in [0.4, 0.5) is 30.7 Å². The van der Waals surface area contributed by atoms with Crippen molar-refractivity contribution in [3.8, 4) is 0 Å². The smallest absolute Gasteiger partial charge is 0.391 e. The molecule has 0 aromatic rings. The van der Waals surface area contributed by atoms with E-state index in [1.165, 1.54) is 6.92 Å². The fourth-order valence-corrected chi connectivity index (χ4v) is 1.12. The molecule has 0 saturated carbocycles. The zero-order chi connectivity index (χ0) is 14.6. The van der Waals surface area contributed by atoms with Crippen molar-refractivity contribution in [1.82, 2.24) is 0 Å². The van der Waals surface area contributed by atoms with Gasteiger partial charge in [0, 0.05) is 13.0 Å². The van der Waals surface area contributed by atoms with Gasteiger partial charge in [-0.2, -0.15) is 26.3 Å². The highest BCUT2D eigenvalue weighted by molar-refractivity contribution is 4.94. The van der Waals surface area contributed by atoms with Gasteiger partial charge in [0.25, 0.3) is 5.67 Å². The van der Waals surface area contributed by atoms with Crippen molar-refractivity contribution >= 4 is 0 Å². The van der Waals surface area contributed by atoms with Crippen LogP contribution in [-0.2, 0) is 4.74 Å². The maximum Gasteiger partial charge on any atom is 0.431 e. The quantitative estimate of drug-likeness (QED) is 0.601. The first-order chi connectivity index (χ1) is 7.92. The lowest BCUT2D eigenvalue weighted by Gasteiger charge is -2.29. The highest BCUT2D eigenvalue weighted by atomic mass is 19.4. The van der Waals surface area contributed by atoms with E-state index in [2.05, 4.69) is 4.74 Å². The van der Waals surface area contributed by atoms with Crippen LogP contribution in [-0.4, -0.2) is 42.4 Å². The van der Waals surface area contributed by atoms with Gasteiger partial charge in [-0.3, -0.25) is 0 Å². The zero-order valence-corrected chi connectivity index (χ0v) is 9.41. The van der Waals surface area contributed by atoms with Crippen molar-refractivity contribution in [3.05, 3.63) is 0 Å². The zero-order valence-electron chi connectivity index (χ0n) is 9.41. The van der Waals surface area contributed by atoms with Gasteiger partial charge in [0.15, 0.2) is 0 Å². The summed E-state index contributed by atoms with van der Waals surface area (Å²) in [6, 6.07) is 0.